The van der Waals surface area contributed by atoms with Gasteiger partial charge in [-0.1, -0.05) is 0 Å². The molecule has 0 bridgehead atoms. The number of nitrogens with one attached hydrogen (secondary N) is 2. The minimum absolute atomic E-state index is 0.0598. The van der Waals surface area contributed by atoms with Crippen LogP contribution in [0.3, 0.4) is 0 Å². The van der Waals surface area contributed by atoms with Crippen molar-refractivity contribution in [3.63, 3.8) is 0 Å². The number of H-pyrrole nitrogens is 1. The summed E-state index contributed by atoms with van der Waals surface area (Å²) in [4.78, 5) is 31.6. The highest BCUT2D eigenvalue weighted by molar-refractivity contribution is 7.88. The molecule has 0 radical (unpaired) electrons. The van der Waals surface area contributed by atoms with E-state index >= 15 is 0 Å². The molecule has 1 aromatic rings. The van der Waals surface area contributed by atoms with Crippen LogP contribution < -0.4 is 4.72 Å². The predicted molar refractivity (Wildman–Crippen MR) is 97.4 cm³/mol. The summed E-state index contributed by atoms with van der Waals surface area (Å²) in [6.45, 7) is 3.04. The summed E-state index contributed by atoms with van der Waals surface area (Å²) in [7, 11) is -3.23. The number of hydrogen-bond donors (Lipinski definition) is 2. The van der Waals surface area contributed by atoms with E-state index in [1.165, 1.54) is 0 Å². The van der Waals surface area contributed by atoms with Crippen LogP contribution in [0.15, 0.2) is 12.3 Å². The van der Waals surface area contributed by atoms with Gasteiger partial charge in [0, 0.05) is 38.9 Å². The Morgan fingerprint density at radius 2 is 1.85 bits per heavy atom. The molecule has 26 heavy (non-hydrogen) atoms. The first-order chi connectivity index (χ1) is 12.3. The van der Waals surface area contributed by atoms with Gasteiger partial charge in [0.15, 0.2) is 0 Å². The SMILES string of the molecule is CS(=O)(=O)NC[C@@H]1CCCN(C(=O)c2c[nH]c(C(=O)N3CCCC3)c2)C1. The molecule has 9 heteroatoms. The van der Waals surface area contributed by atoms with Crippen LogP contribution in [0.5, 0.6) is 0 Å². The van der Waals surface area contributed by atoms with E-state index < -0.39 is 10.0 Å². The highest BCUT2D eigenvalue weighted by Crippen LogP contribution is 2.19. The second-order valence-corrected chi connectivity index (χ2v) is 9.01. The van der Waals surface area contributed by atoms with E-state index in [0.717, 1.165) is 45.0 Å². The minimum atomic E-state index is -3.23. The second-order valence-electron chi connectivity index (χ2n) is 7.18. The number of sulfonamides is 1. The van der Waals surface area contributed by atoms with E-state index in [1.807, 2.05) is 0 Å². The van der Waals surface area contributed by atoms with Crippen molar-refractivity contribution in [3.8, 4) is 0 Å². The fraction of sp³-hybridized carbons (Fsp3) is 0.647. The summed E-state index contributed by atoms with van der Waals surface area (Å²) in [5.41, 5.74) is 0.923. The fourth-order valence-corrected chi connectivity index (χ4v) is 4.14. The maximum atomic E-state index is 12.7. The normalized spacial score (nSPS) is 21.2. The molecule has 2 N–H and O–H groups in total. The van der Waals surface area contributed by atoms with E-state index in [1.54, 1.807) is 22.1 Å². The number of carbonyl (C=O) groups excluding carboxylic acids is 2. The van der Waals surface area contributed by atoms with Crippen LogP contribution in [-0.2, 0) is 10.0 Å². The molecule has 1 atom stereocenters. The molecule has 0 unspecified atom stereocenters. The maximum Gasteiger partial charge on any atom is 0.270 e. The first-order valence-corrected chi connectivity index (χ1v) is 10.9. The lowest BCUT2D eigenvalue weighted by Gasteiger charge is -2.32. The van der Waals surface area contributed by atoms with Gasteiger partial charge in [-0.25, -0.2) is 13.1 Å². The van der Waals surface area contributed by atoms with Gasteiger partial charge in [-0.3, -0.25) is 9.59 Å². The Bertz CT molecular complexity index is 767. The molecule has 2 fully saturated rings. The monoisotopic (exact) mass is 382 g/mol. The van der Waals surface area contributed by atoms with Crippen LogP contribution in [0.2, 0.25) is 0 Å². The first kappa shape index (κ1) is 18.9. The molecule has 2 saturated heterocycles. The number of aromatic nitrogens is 1. The Kier molecular flexibility index (Phi) is 5.67. The first-order valence-electron chi connectivity index (χ1n) is 9.05. The number of rotatable bonds is 5. The van der Waals surface area contributed by atoms with Crippen molar-refractivity contribution in [2.45, 2.75) is 25.7 Å². The lowest BCUT2D eigenvalue weighted by atomic mass is 9.98. The number of nitrogens with zero attached hydrogens (tertiary/aromatic N) is 2. The molecule has 144 valence electrons. The smallest absolute Gasteiger partial charge is 0.270 e. The number of amides is 2. The molecule has 3 rings (SSSR count). The molecule has 0 spiro atoms. The molecule has 1 aromatic heterocycles. The third-order valence-corrected chi connectivity index (χ3v) is 5.69. The summed E-state index contributed by atoms with van der Waals surface area (Å²) >= 11 is 0. The molecule has 2 amide bonds. The Morgan fingerprint density at radius 3 is 2.54 bits per heavy atom. The lowest BCUT2D eigenvalue weighted by molar-refractivity contribution is 0.0676. The van der Waals surface area contributed by atoms with Gasteiger partial charge in [0.2, 0.25) is 10.0 Å². The predicted octanol–water partition coefficient (Wildman–Crippen LogP) is 0.652. The van der Waals surface area contributed by atoms with E-state index in [9.17, 15) is 18.0 Å². The van der Waals surface area contributed by atoms with Crippen molar-refractivity contribution in [2.24, 2.45) is 5.92 Å². The molecular formula is C17H26N4O4S. The Morgan fingerprint density at radius 1 is 1.15 bits per heavy atom. The number of piperidine rings is 1. The summed E-state index contributed by atoms with van der Waals surface area (Å²) < 4.78 is 25.0. The van der Waals surface area contributed by atoms with Gasteiger partial charge < -0.3 is 14.8 Å². The highest BCUT2D eigenvalue weighted by atomic mass is 32.2. The van der Waals surface area contributed by atoms with Crippen molar-refractivity contribution in [1.29, 1.82) is 0 Å². The fourth-order valence-electron chi connectivity index (χ4n) is 3.60. The lowest BCUT2D eigenvalue weighted by Crippen LogP contribution is -2.43. The van der Waals surface area contributed by atoms with Crippen molar-refractivity contribution >= 4 is 21.8 Å². The third-order valence-electron chi connectivity index (χ3n) is 4.99. The Labute approximate surface area is 154 Å². The quantitative estimate of drug-likeness (QED) is 0.780. The Hall–Kier alpha value is -1.87. The molecule has 0 saturated carbocycles. The molecule has 3 heterocycles. The van der Waals surface area contributed by atoms with E-state index in [-0.39, 0.29) is 17.7 Å². The highest BCUT2D eigenvalue weighted by Gasteiger charge is 2.27. The zero-order chi connectivity index (χ0) is 18.7. The van der Waals surface area contributed by atoms with Crippen molar-refractivity contribution in [2.75, 3.05) is 39.0 Å². The van der Waals surface area contributed by atoms with Crippen LogP contribution in [0.4, 0.5) is 0 Å². The number of carbonyl (C=O) groups is 2. The van der Waals surface area contributed by atoms with E-state index in [2.05, 4.69) is 9.71 Å². The number of aromatic amines is 1. The van der Waals surface area contributed by atoms with Gasteiger partial charge in [-0.05, 0) is 37.7 Å². The summed E-state index contributed by atoms with van der Waals surface area (Å²) in [6.07, 6.45) is 6.50. The largest absolute Gasteiger partial charge is 0.356 e. The van der Waals surface area contributed by atoms with Crippen molar-refractivity contribution in [3.05, 3.63) is 23.5 Å². The minimum Gasteiger partial charge on any atom is -0.356 e. The van der Waals surface area contributed by atoms with E-state index in [0.29, 0.717) is 30.9 Å². The van der Waals surface area contributed by atoms with Gasteiger partial charge in [0.1, 0.15) is 5.69 Å². The standard InChI is InChI=1S/C17H26N4O4S/c1-26(24,25)19-10-13-5-4-8-21(12-13)16(22)14-9-15(18-11-14)17(23)20-6-2-3-7-20/h9,11,13,18-19H,2-8,10,12H2,1H3/t13-/m0/s1. The van der Waals surface area contributed by atoms with Crippen LogP contribution in [0.25, 0.3) is 0 Å². The second kappa shape index (κ2) is 7.79. The summed E-state index contributed by atoms with van der Waals surface area (Å²) in [5.74, 6) is -0.0757. The number of hydrogen-bond acceptors (Lipinski definition) is 4. The zero-order valence-electron chi connectivity index (χ0n) is 15.0. The van der Waals surface area contributed by atoms with E-state index in [4.69, 9.17) is 0 Å². The maximum absolute atomic E-state index is 12.7. The van der Waals surface area contributed by atoms with Crippen LogP contribution >= 0.6 is 0 Å². The van der Waals surface area contributed by atoms with Crippen molar-refractivity contribution < 1.29 is 18.0 Å². The van der Waals surface area contributed by atoms with Crippen LogP contribution in [0, 0.1) is 5.92 Å². The van der Waals surface area contributed by atoms with Gasteiger partial charge >= 0.3 is 0 Å². The van der Waals surface area contributed by atoms with Gasteiger partial charge in [-0.2, -0.15) is 0 Å². The molecular weight excluding hydrogens is 356 g/mol. The van der Waals surface area contributed by atoms with Gasteiger partial charge in [-0.15, -0.1) is 0 Å². The third kappa shape index (κ3) is 4.64. The molecule has 8 nitrogen and oxygen atoms in total. The molecule has 2 aliphatic rings. The number of likely N-dealkylation sites (tertiary alicyclic amines) is 2. The van der Waals surface area contributed by atoms with Crippen LogP contribution in [0.1, 0.15) is 46.5 Å². The van der Waals surface area contributed by atoms with Crippen LogP contribution in [-0.4, -0.2) is 74.0 Å². The molecule has 2 aliphatic heterocycles. The summed E-state index contributed by atoms with van der Waals surface area (Å²) in [5, 5.41) is 0. The van der Waals surface area contributed by atoms with Crippen molar-refractivity contribution in [1.82, 2.24) is 19.5 Å². The Balaban J connectivity index is 1.60. The van der Waals surface area contributed by atoms with Gasteiger partial charge in [0.25, 0.3) is 11.8 Å². The molecule has 0 aromatic carbocycles. The van der Waals surface area contributed by atoms with Gasteiger partial charge in [0.05, 0.1) is 11.8 Å². The average Bonchev–Trinajstić information content (AvgIpc) is 3.30. The summed E-state index contributed by atoms with van der Waals surface area (Å²) in [6, 6.07) is 1.63. The zero-order valence-corrected chi connectivity index (χ0v) is 15.8. The molecule has 0 aliphatic carbocycles. The topological polar surface area (TPSA) is 103 Å². The average molecular weight is 382 g/mol.